The molecule has 130 valence electrons. The van der Waals surface area contributed by atoms with E-state index in [0.717, 1.165) is 0 Å². The lowest BCUT2D eigenvalue weighted by molar-refractivity contribution is 0.0925. The Morgan fingerprint density at radius 3 is 2.57 bits per heavy atom. The van der Waals surface area contributed by atoms with E-state index in [2.05, 4.69) is 5.16 Å². The first-order valence-corrected chi connectivity index (χ1v) is 8.79. The molecule has 0 saturated carbocycles. The quantitative estimate of drug-likeness (QED) is 0.767. The van der Waals surface area contributed by atoms with Crippen LogP contribution in [0.1, 0.15) is 18.4 Å². The summed E-state index contributed by atoms with van der Waals surface area (Å²) in [5, 5.41) is 3.80. The van der Waals surface area contributed by atoms with Gasteiger partial charge in [0, 0.05) is 39.3 Å². The van der Waals surface area contributed by atoms with E-state index < -0.39 is 16.3 Å². The predicted octanol–water partition coefficient (Wildman–Crippen LogP) is 0.434. The largest absolute Gasteiger partial charge is 0.450 e. The highest BCUT2D eigenvalue weighted by Gasteiger charge is 2.32. The molecule has 2 heterocycles. The highest BCUT2D eigenvalue weighted by Crippen LogP contribution is 2.14. The third kappa shape index (κ3) is 4.21. The summed E-state index contributed by atoms with van der Waals surface area (Å²) >= 11 is 0. The number of ether oxygens (including phenoxy) is 1. The summed E-state index contributed by atoms with van der Waals surface area (Å²) in [6.45, 7) is 5.03. The molecule has 1 aliphatic rings. The van der Waals surface area contributed by atoms with Crippen molar-refractivity contribution in [3.63, 3.8) is 0 Å². The smallest absolute Gasteiger partial charge is 0.409 e. The molecular weight excluding hydrogens is 324 g/mol. The van der Waals surface area contributed by atoms with E-state index in [1.54, 1.807) is 19.9 Å². The van der Waals surface area contributed by atoms with Crippen LogP contribution in [-0.4, -0.2) is 73.0 Å². The van der Waals surface area contributed by atoms with Gasteiger partial charge in [-0.1, -0.05) is 5.16 Å². The van der Waals surface area contributed by atoms with Crippen LogP contribution >= 0.6 is 0 Å². The van der Waals surface area contributed by atoms with Crippen LogP contribution in [0.4, 0.5) is 4.79 Å². The Bertz CT molecular complexity index is 637. The lowest BCUT2D eigenvalue weighted by atomic mass is 10.4. The van der Waals surface area contributed by atoms with E-state index in [4.69, 9.17) is 9.26 Å². The fraction of sp³-hybridized carbons (Fsp3) is 0.692. The normalized spacial score (nSPS) is 16.8. The van der Waals surface area contributed by atoms with E-state index >= 15 is 0 Å². The molecule has 0 aromatic carbocycles. The summed E-state index contributed by atoms with van der Waals surface area (Å²) < 4.78 is 37.6. The molecule has 0 atom stereocenters. The van der Waals surface area contributed by atoms with Gasteiger partial charge >= 0.3 is 6.09 Å². The maximum atomic E-state index is 12.6. The molecule has 1 aromatic heterocycles. The molecule has 1 fully saturated rings. The first-order valence-electron chi connectivity index (χ1n) is 7.40. The number of aryl methyl sites for hydroxylation is 1. The van der Waals surface area contributed by atoms with Gasteiger partial charge in [0.25, 0.3) is 10.2 Å². The Kier molecular flexibility index (Phi) is 5.60. The van der Waals surface area contributed by atoms with E-state index in [0.29, 0.717) is 31.2 Å². The van der Waals surface area contributed by atoms with Crippen LogP contribution in [0.25, 0.3) is 0 Å². The minimum atomic E-state index is -3.61. The van der Waals surface area contributed by atoms with Crippen molar-refractivity contribution in [2.45, 2.75) is 20.4 Å². The zero-order valence-electron chi connectivity index (χ0n) is 13.6. The van der Waals surface area contributed by atoms with E-state index in [-0.39, 0.29) is 19.6 Å². The topological polar surface area (TPSA) is 96.2 Å². The van der Waals surface area contributed by atoms with Gasteiger partial charge in [0.05, 0.1) is 18.8 Å². The number of carbonyl (C=O) groups is 1. The van der Waals surface area contributed by atoms with Crippen LogP contribution < -0.4 is 0 Å². The minimum Gasteiger partial charge on any atom is -0.450 e. The Balaban J connectivity index is 1.94. The van der Waals surface area contributed by atoms with Gasteiger partial charge in [-0.05, 0) is 13.8 Å². The monoisotopic (exact) mass is 346 g/mol. The highest BCUT2D eigenvalue weighted by molar-refractivity contribution is 7.86. The number of piperazine rings is 1. The Morgan fingerprint density at radius 2 is 2.04 bits per heavy atom. The lowest BCUT2D eigenvalue weighted by Crippen LogP contribution is -2.53. The summed E-state index contributed by atoms with van der Waals surface area (Å²) in [5.41, 5.74) is 0.554. The molecule has 0 aliphatic carbocycles. The SMILES string of the molecule is CCOC(=O)N1CCN(S(=O)(=O)N(C)Cc2cc(C)on2)CC1. The van der Waals surface area contributed by atoms with Gasteiger partial charge in [-0.3, -0.25) is 0 Å². The predicted molar refractivity (Wildman–Crippen MR) is 81.8 cm³/mol. The van der Waals surface area contributed by atoms with Gasteiger partial charge in [-0.25, -0.2) is 4.79 Å². The van der Waals surface area contributed by atoms with Crippen molar-refractivity contribution in [1.82, 2.24) is 18.7 Å². The third-order valence-electron chi connectivity index (χ3n) is 3.55. The average molecular weight is 346 g/mol. The second-order valence-electron chi connectivity index (χ2n) is 5.28. The van der Waals surface area contributed by atoms with Gasteiger partial charge in [-0.2, -0.15) is 17.0 Å². The molecule has 10 heteroatoms. The highest BCUT2D eigenvalue weighted by atomic mass is 32.2. The molecule has 0 spiro atoms. The fourth-order valence-corrected chi connectivity index (χ4v) is 3.63. The fourth-order valence-electron chi connectivity index (χ4n) is 2.32. The lowest BCUT2D eigenvalue weighted by Gasteiger charge is -2.35. The van der Waals surface area contributed by atoms with E-state index in [9.17, 15) is 13.2 Å². The molecule has 1 aromatic rings. The molecule has 9 nitrogen and oxygen atoms in total. The molecule has 0 unspecified atom stereocenters. The van der Waals surface area contributed by atoms with Gasteiger partial charge in [-0.15, -0.1) is 0 Å². The van der Waals surface area contributed by atoms with Crippen molar-refractivity contribution >= 4 is 16.3 Å². The van der Waals surface area contributed by atoms with Gasteiger partial charge < -0.3 is 14.2 Å². The Labute approximate surface area is 135 Å². The molecule has 23 heavy (non-hydrogen) atoms. The average Bonchev–Trinajstić information content (AvgIpc) is 2.92. The second-order valence-corrected chi connectivity index (χ2v) is 7.31. The third-order valence-corrected chi connectivity index (χ3v) is 5.48. The van der Waals surface area contributed by atoms with E-state index in [1.165, 1.54) is 20.6 Å². The molecule has 2 rings (SSSR count). The van der Waals surface area contributed by atoms with Crippen LogP contribution in [0.15, 0.2) is 10.6 Å². The number of nitrogens with zero attached hydrogens (tertiary/aromatic N) is 4. The number of hydrogen-bond acceptors (Lipinski definition) is 6. The second kappa shape index (κ2) is 7.28. The Morgan fingerprint density at radius 1 is 1.39 bits per heavy atom. The zero-order chi connectivity index (χ0) is 17.0. The molecule has 0 bridgehead atoms. The van der Waals surface area contributed by atoms with Crippen LogP contribution in [-0.2, 0) is 21.5 Å². The molecule has 0 radical (unpaired) electrons. The number of rotatable bonds is 5. The summed E-state index contributed by atoms with van der Waals surface area (Å²) in [6.07, 6.45) is -0.407. The number of carbonyl (C=O) groups excluding carboxylic acids is 1. The standard InChI is InChI=1S/C13H22N4O5S/c1-4-21-13(18)16-5-7-17(8-6-16)23(19,20)15(3)10-12-9-11(2)22-14-12/h9H,4-8,10H2,1-3H3. The summed E-state index contributed by atoms with van der Waals surface area (Å²) in [4.78, 5) is 13.1. The van der Waals surface area contributed by atoms with Gasteiger partial charge in [0.15, 0.2) is 0 Å². The molecule has 1 saturated heterocycles. The molecular formula is C13H22N4O5S. The zero-order valence-corrected chi connectivity index (χ0v) is 14.4. The summed E-state index contributed by atoms with van der Waals surface area (Å²) in [6, 6.07) is 1.70. The van der Waals surface area contributed by atoms with Crippen LogP contribution in [0.5, 0.6) is 0 Å². The van der Waals surface area contributed by atoms with Crippen molar-refractivity contribution in [1.29, 1.82) is 0 Å². The van der Waals surface area contributed by atoms with Crippen molar-refractivity contribution in [3.05, 3.63) is 17.5 Å². The minimum absolute atomic E-state index is 0.137. The molecule has 0 N–H and O–H groups in total. The van der Waals surface area contributed by atoms with Crippen LogP contribution in [0, 0.1) is 6.92 Å². The number of hydrogen-bond donors (Lipinski definition) is 0. The first-order chi connectivity index (χ1) is 10.8. The summed E-state index contributed by atoms with van der Waals surface area (Å²) in [5.74, 6) is 0.633. The first kappa shape index (κ1) is 17.7. The van der Waals surface area contributed by atoms with Gasteiger partial charge in [0.1, 0.15) is 5.76 Å². The van der Waals surface area contributed by atoms with Crippen LogP contribution in [0.3, 0.4) is 0 Å². The maximum absolute atomic E-state index is 12.6. The number of amides is 1. The maximum Gasteiger partial charge on any atom is 0.409 e. The summed E-state index contributed by atoms with van der Waals surface area (Å²) in [7, 11) is -2.11. The Hall–Kier alpha value is -1.65. The van der Waals surface area contributed by atoms with E-state index in [1.807, 2.05) is 0 Å². The van der Waals surface area contributed by atoms with Crippen LogP contribution in [0.2, 0.25) is 0 Å². The molecule has 1 amide bonds. The molecule has 1 aliphatic heterocycles. The van der Waals surface area contributed by atoms with Crippen molar-refractivity contribution < 1.29 is 22.5 Å². The van der Waals surface area contributed by atoms with Crippen molar-refractivity contribution in [2.75, 3.05) is 39.8 Å². The van der Waals surface area contributed by atoms with Crippen molar-refractivity contribution in [2.24, 2.45) is 0 Å². The van der Waals surface area contributed by atoms with Gasteiger partial charge in [0.2, 0.25) is 0 Å². The number of aromatic nitrogens is 1. The van der Waals surface area contributed by atoms with Crippen molar-refractivity contribution in [3.8, 4) is 0 Å².